The van der Waals surface area contributed by atoms with E-state index in [1.165, 1.54) is 0 Å². The SMILES string of the molecule is CCNC(=NCc1cc(OC)c(OC)cc1OC)N1CCN(C(=O)OCC)CC1. The van der Waals surface area contributed by atoms with Crippen molar-refractivity contribution in [1.82, 2.24) is 15.1 Å². The fourth-order valence-electron chi connectivity index (χ4n) is 3.12. The minimum absolute atomic E-state index is 0.260. The Kier molecular flexibility index (Phi) is 8.69. The maximum Gasteiger partial charge on any atom is 0.409 e. The van der Waals surface area contributed by atoms with Gasteiger partial charge in [-0.2, -0.15) is 0 Å². The summed E-state index contributed by atoms with van der Waals surface area (Å²) in [5.74, 6) is 2.73. The first kappa shape index (κ1) is 22.4. The van der Waals surface area contributed by atoms with Crippen LogP contribution in [0.25, 0.3) is 0 Å². The lowest BCUT2D eigenvalue weighted by atomic mass is 10.1. The van der Waals surface area contributed by atoms with Gasteiger partial charge in [0.05, 0.1) is 34.5 Å². The molecule has 2 rings (SSSR count). The Morgan fingerprint density at radius 2 is 1.55 bits per heavy atom. The number of ether oxygens (including phenoxy) is 4. The summed E-state index contributed by atoms with van der Waals surface area (Å²) in [4.78, 5) is 20.5. The molecule has 162 valence electrons. The molecular weight excluding hydrogens is 376 g/mol. The number of nitrogens with one attached hydrogen (secondary N) is 1. The number of aliphatic imine (C=N–C) groups is 1. The van der Waals surface area contributed by atoms with Gasteiger partial charge in [0, 0.05) is 44.4 Å². The van der Waals surface area contributed by atoms with E-state index in [0.29, 0.717) is 56.6 Å². The summed E-state index contributed by atoms with van der Waals surface area (Å²) in [6, 6.07) is 3.68. The Hall–Kier alpha value is -2.84. The summed E-state index contributed by atoms with van der Waals surface area (Å²) in [6.45, 7) is 7.97. The largest absolute Gasteiger partial charge is 0.496 e. The molecule has 0 spiro atoms. The van der Waals surface area contributed by atoms with Crippen LogP contribution in [0.2, 0.25) is 0 Å². The number of carbonyl (C=O) groups excluding carboxylic acids is 1. The molecule has 0 bridgehead atoms. The lowest BCUT2D eigenvalue weighted by Gasteiger charge is -2.35. The summed E-state index contributed by atoms with van der Waals surface area (Å²) < 4.78 is 21.3. The highest BCUT2D eigenvalue weighted by Crippen LogP contribution is 2.34. The van der Waals surface area contributed by atoms with Crippen molar-refractivity contribution in [2.24, 2.45) is 4.99 Å². The van der Waals surface area contributed by atoms with Crippen molar-refractivity contribution >= 4 is 12.1 Å². The first-order valence-corrected chi connectivity index (χ1v) is 9.81. The lowest BCUT2D eigenvalue weighted by molar-refractivity contribution is 0.0914. The van der Waals surface area contributed by atoms with Crippen molar-refractivity contribution in [3.05, 3.63) is 17.7 Å². The fourth-order valence-corrected chi connectivity index (χ4v) is 3.12. The predicted octanol–water partition coefficient (Wildman–Crippen LogP) is 1.95. The predicted molar refractivity (Wildman–Crippen MR) is 111 cm³/mol. The van der Waals surface area contributed by atoms with E-state index in [4.69, 9.17) is 23.9 Å². The number of methoxy groups -OCH3 is 3. The number of piperazine rings is 1. The highest BCUT2D eigenvalue weighted by atomic mass is 16.6. The Bertz CT molecular complexity index is 702. The van der Waals surface area contributed by atoms with Gasteiger partial charge in [0.25, 0.3) is 0 Å². The molecule has 0 unspecified atom stereocenters. The quantitative estimate of drug-likeness (QED) is 0.545. The zero-order chi connectivity index (χ0) is 21.2. The number of hydrogen-bond donors (Lipinski definition) is 1. The molecule has 9 heteroatoms. The van der Waals surface area contributed by atoms with Gasteiger partial charge in [0.15, 0.2) is 17.5 Å². The van der Waals surface area contributed by atoms with Gasteiger partial charge in [-0.25, -0.2) is 9.79 Å². The molecular formula is C20H32N4O5. The maximum atomic E-state index is 11.9. The summed E-state index contributed by atoms with van der Waals surface area (Å²) in [5, 5.41) is 3.32. The van der Waals surface area contributed by atoms with Crippen molar-refractivity contribution in [2.75, 3.05) is 60.7 Å². The number of benzene rings is 1. The van der Waals surface area contributed by atoms with Crippen molar-refractivity contribution in [1.29, 1.82) is 0 Å². The van der Waals surface area contributed by atoms with Crippen LogP contribution >= 0.6 is 0 Å². The van der Waals surface area contributed by atoms with Gasteiger partial charge in [-0.3, -0.25) is 0 Å². The first-order valence-electron chi connectivity index (χ1n) is 9.81. The molecule has 0 saturated carbocycles. The summed E-state index contributed by atoms with van der Waals surface area (Å²) in [5.41, 5.74) is 0.894. The van der Waals surface area contributed by atoms with Gasteiger partial charge in [-0.05, 0) is 19.9 Å². The second-order valence-electron chi connectivity index (χ2n) is 6.36. The molecule has 0 atom stereocenters. The third-order valence-corrected chi connectivity index (χ3v) is 4.63. The number of nitrogens with zero attached hydrogens (tertiary/aromatic N) is 3. The Morgan fingerprint density at radius 3 is 2.10 bits per heavy atom. The van der Waals surface area contributed by atoms with Crippen LogP contribution in [-0.4, -0.2) is 82.5 Å². The highest BCUT2D eigenvalue weighted by Gasteiger charge is 2.23. The normalized spacial score (nSPS) is 14.4. The van der Waals surface area contributed by atoms with Crippen molar-refractivity contribution in [3.63, 3.8) is 0 Å². The van der Waals surface area contributed by atoms with E-state index >= 15 is 0 Å². The van der Waals surface area contributed by atoms with Gasteiger partial charge in [0.1, 0.15) is 5.75 Å². The molecule has 1 heterocycles. The Balaban J connectivity index is 2.13. The third-order valence-electron chi connectivity index (χ3n) is 4.63. The zero-order valence-corrected chi connectivity index (χ0v) is 18.0. The topological polar surface area (TPSA) is 84.9 Å². The molecule has 29 heavy (non-hydrogen) atoms. The summed E-state index contributed by atoms with van der Waals surface area (Å²) >= 11 is 0. The van der Waals surface area contributed by atoms with Gasteiger partial charge >= 0.3 is 6.09 Å². The van der Waals surface area contributed by atoms with Crippen LogP contribution in [0.4, 0.5) is 4.79 Å². The lowest BCUT2D eigenvalue weighted by Crippen LogP contribution is -2.53. The number of amides is 1. The minimum atomic E-state index is -0.260. The molecule has 0 aromatic heterocycles. The van der Waals surface area contributed by atoms with Crippen LogP contribution in [0.15, 0.2) is 17.1 Å². The first-order chi connectivity index (χ1) is 14.1. The molecule has 1 fully saturated rings. The fraction of sp³-hybridized carbons (Fsp3) is 0.600. The van der Waals surface area contributed by atoms with E-state index in [0.717, 1.165) is 18.1 Å². The van der Waals surface area contributed by atoms with E-state index in [9.17, 15) is 4.79 Å². The van der Waals surface area contributed by atoms with Crippen molar-refractivity contribution in [2.45, 2.75) is 20.4 Å². The van der Waals surface area contributed by atoms with Crippen molar-refractivity contribution in [3.8, 4) is 17.2 Å². The average Bonchev–Trinajstić information content (AvgIpc) is 2.76. The van der Waals surface area contributed by atoms with Gasteiger partial charge in [0.2, 0.25) is 0 Å². The van der Waals surface area contributed by atoms with Crippen molar-refractivity contribution < 1.29 is 23.7 Å². The molecule has 1 aromatic carbocycles. The zero-order valence-electron chi connectivity index (χ0n) is 18.0. The number of carbonyl (C=O) groups is 1. The molecule has 1 aromatic rings. The molecule has 0 aliphatic carbocycles. The second-order valence-corrected chi connectivity index (χ2v) is 6.36. The standard InChI is InChI=1S/C20H32N4O5/c1-6-21-19(23-8-10-24(11-9-23)20(25)29-7-2)22-14-15-12-17(27-4)18(28-5)13-16(15)26-3/h12-13H,6-11,14H2,1-5H3,(H,21,22). The van der Waals surface area contributed by atoms with Crippen LogP contribution in [0.1, 0.15) is 19.4 Å². The van der Waals surface area contributed by atoms with Crippen LogP contribution < -0.4 is 19.5 Å². The smallest absolute Gasteiger partial charge is 0.409 e. The van der Waals surface area contributed by atoms with Gasteiger partial charge < -0.3 is 34.1 Å². The van der Waals surface area contributed by atoms with E-state index in [1.54, 1.807) is 32.3 Å². The molecule has 1 aliphatic heterocycles. The van der Waals surface area contributed by atoms with E-state index in [1.807, 2.05) is 19.9 Å². The van der Waals surface area contributed by atoms with E-state index < -0.39 is 0 Å². The Morgan fingerprint density at radius 1 is 0.966 bits per heavy atom. The molecule has 1 aliphatic rings. The van der Waals surface area contributed by atoms with E-state index in [-0.39, 0.29) is 6.09 Å². The van der Waals surface area contributed by atoms with Gasteiger partial charge in [-0.1, -0.05) is 0 Å². The number of hydrogen-bond acceptors (Lipinski definition) is 6. The molecule has 1 N–H and O–H groups in total. The van der Waals surface area contributed by atoms with Crippen LogP contribution in [0.5, 0.6) is 17.2 Å². The maximum absolute atomic E-state index is 11.9. The second kappa shape index (κ2) is 11.2. The van der Waals surface area contributed by atoms with Crippen LogP contribution in [-0.2, 0) is 11.3 Å². The molecule has 9 nitrogen and oxygen atoms in total. The van der Waals surface area contributed by atoms with E-state index in [2.05, 4.69) is 10.2 Å². The van der Waals surface area contributed by atoms with Crippen LogP contribution in [0, 0.1) is 0 Å². The Labute approximate surface area is 172 Å². The molecule has 1 saturated heterocycles. The monoisotopic (exact) mass is 408 g/mol. The third kappa shape index (κ3) is 5.82. The summed E-state index contributed by atoms with van der Waals surface area (Å²) in [6.07, 6.45) is -0.260. The van der Waals surface area contributed by atoms with Gasteiger partial charge in [-0.15, -0.1) is 0 Å². The average molecular weight is 408 g/mol. The highest BCUT2D eigenvalue weighted by molar-refractivity contribution is 5.80. The minimum Gasteiger partial charge on any atom is -0.496 e. The number of guanidine groups is 1. The number of rotatable bonds is 7. The van der Waals surface area contributed by atoms with Crippen LogP contribution in [0.3, 0.4) is 0 Å². The molecule has 0 radical (unpaired) electrons. The summed E-state index contributed by atoms with van der Waals surface area (Å²) in [7, 11) is 4.81. The molecule has 1 amide bonds.